The van der Waals surface area contributed by atoms with E-state index in [2.05, 4.69) is 6.07 Å². The summed E-state index contributed by atoms with van der Waals surface area (Å²) in [5, 5.41) is 19.9. The maximum absolute atomic E-state index is 10.6. The fraction of sp³-hybridized carbons (Fsp3) is 0.533. The molecule has 0 aliphatic heterocycles. The summed E-state index contributed by atoms with van der Waals surface area (Å²) < 4.78 is 5.11. The van der Waals surface area contributed by atoms with Crippen molar-refractivity contribution in [2.24, 2.45) is 5.41 Å². The van der Waals surface area contributed by atoms with Crippen molar-refractivity contribution in [3.8, 4) is 11.8 Å². The van der Waals surface area contributed by atoms with Crippen molar-refractivity contribution in [2.45, 2.75) is 38.2 Å². The van der Waals surface area contributed by atoms with Crippen LogP contribution in [0.5, 0.6) is 5.75 Å². The molecule has 96 valence electrons. The molecule has 0 aromatic heterocycles. The third-order valence-corrected chi connectivity index (χ3v) is 4.16. The lowest BCUT2D eigenvalue weighted by Crippen LogP contribution is -2.51. The number of nitriles is 1. The van der Waals surface area contributed by atoms with Crippen molar-refractivity contribution < 1.29 is 9.84 Å². The zero-order valence-electron chi connectivity index (χ0n) is 10.9. The molecule has 1 unspecified atom stereocenters. The van der Waals surface area contributed by atoms with E-state index in [1.165, 1.54) is 0 Å². The number of nitrogens with zero attached hydrogens (tertiary/aromatic N) is 1. The van der Waals surface area contributed by atoms with E-state index in [-0.39, 0.29) is 0 Å². The average Bonchev–Trinajstić information content (AvgIpc) is 2.28. The van der Waals surface area contributed by atoms with E-state index in [1.54, 1.807) is 14.0 Å². The molecule has 0 bridgehead atoms. The number of ether oxygens (including phenoxy) is 1. The van der Waals surface area contributed by atoms with Crippen LogP contribution < -0.4 is 4.74 Å². The van der Waals surface area contributed by atoms with Gasteiger partial charge in [0.05, 0.1) is 24.2 Å². The van der Waals surface area contributed by atoms with E-state index in [9.17, 15) is 10.4 Å². The molecule has 0 saturated heterocycles. The highest BCUT2D eigenvalue weighted by atomic mass is 16.5. The number of aliphatic hydroxyl groups is 1. The summed E-state index contributed by atoms with van der Waals surface area (Å²) in [6.45, 7) is 1.78. The number of methoxy groups -OCH3 is 1. The van der Waals surface area contributed by atoms with Crippen molar-refractivity contribution in [1.82, 2.24) is 0 Å². The summed E-state index contributed by atoms with van der Waals surface area (Å²) >= 11 is 0. The summed E-state index contributed by atoms with van der Waals surface area (Å²) in [4.78, 5) is 0. The van der Waals surface area contributed by atoms with E-state index in [1.807, 2.05) is 24.3 Å². The van der Waals surface area contributed by atoms with Gasteiger partial charge in [0.2, 0.25) is 0 Å². The molecular weight excluding hydrogens is 226 g/mol. The first-order valence-electron chi connectivity index (χ1n) is 6.30. The van der Waals surface area contributed by atoms with Crippen molar-refractivity contribution in [3.05, 3.63) is 29.8 Å². The Balaban J connectivity index is 2.14. The van der Waals surface area contributed by atoms with Crippen LogP contribution in [0.1, 0.15) is 31.7 Å². The van der Waals surface area contributed by atoms with Crippen LogP contribution in [0.25, 0.3) is 0 Å². The molecule has 3 heteroatoms. The molecule has 1 N–H and O–H groups in total. The SMILES string of the molecule is COc1ccc(CC(C)(O)C2(C#N)CCC2)cc1. The van der Waals surface area contributed by atoms with Crippen LogP contribution in [-0.4, -0.2) is 17.8 Å². The normalized spacial score (nSPS) is 20.3. The van der Waals surface area contributed by atoms with Crippen LogP contribution in [0.2, 0.25) is 0 Å². The lowest BCUT2D eigenvalue weighted by molar-refractivity contribution is -0.0790. The number of hydrogen-bond acceptors (Lipinski definition) is 3. The topological polar surface area (TPSA) is 53.2 Å². The molecule has 0 heterocycles. The second-order valence-corrected chi connectivity index (χ2v) is 5.35. The van der Waals surface area contributed by atoms with Crippen LogP contribution in [0.15, 0.2) is 24.3 Å². The largest absolute Gasteiger partial charge is 0.497 e. The Hall–Kier alpha value is -1.53. The van der Waals surface area contributed by atoms with Gasteiger partial charge in [-0.1, -0.05) is 18.6 Å². The Labute approximate surface area is 108 Å². The quantitative estimate of drug-likeness (QED) is 0.887. The Bertz CT molecular complexity index is 452. The number of benzene rings is 1. The van der Waals surface area contributed by atoms with Crippen molar-refractivity contribution in [3.63, 3.8) is 0 Å². The van der Waals surface area contributed by atoms with Gasteiger partial charge in [0.15, 0.2) is 0 Å². The Kier molecular flexibility index (Phi) is 3.32. The summed E-state index contributed by atoms with van der Waals surface area (Å²) in [7, 11) is 1.63. The Morgan fingerprint density at radius 1 is 1.39 bits per heavy atom. The second kappa shape index (κ2) is 4.62. The molecule has 1 aliphatic carbocycles. The molecule has 18 heavy (non-hydrogen) atoms. The van der Waals surface area contributed by atoms with Crippen LogP contribution in [0, 0.1) is 16.7 Å². The van der Waals surface area contributed by atoms with Gasteiger partial charge in [0.25, 0.3) is 0 Å². The van der Waals surface area contributed by atoms with Crippen molar-refractivity contribution in [2.75, 3.05) is 7.11 Å². The standard InChI is InChI=1S/C15H19NO2/c1-14(17,15(11-16)8-3-9-15)10-12-4-6-13(18-2)7-5-12/h4-7,17H,3,8-10H2,1-2H3. The zero-order valence-corrected chi connectivity index (χ0v) is 10.9. The Morgan fingerprint density at radius 3 is 2.39 bits per heavy atom. The molecule has 0 radical (unpaired) electrons. The first-order valence-corrected chi connectivity index (χ1v) is 6.30. The van der Waals surface area contributed by atoms with Gasteiger partial charge in [-0.2, -0.15) is 5.26 Å². The van der Waals surface area contributed by atoms with Gasteiger partial charge in [0.1, 0.15) is 5.75 Å². The molecule has 0 amide bonds. The van der Waals surface area contributed by atoms with E-state index < -0.39 is 11.0 Å². The molecule has 1 aliphatic rings. The first-order chi connectivity index (χ1) is 8.53. The minimum atomic E-state index is -0.964. The highest BCUT2D eigenvalue weighted by Crippen LogP contribution is 2.49. The molecular formula is C15H19NO2. The fourth-order valence-electron chi connectivity index (χ4n) is 2.61. The van der Waals surface area contributed by atoms with Gasteiger partial charge < -0.3 is 9.84 Å². The summed E-state index contributed by atoms with van der Waals surface area (Å²) in [6.07, 6.45) is 3.14. The van der Waals surface area contributed by atoms with E-state index in [0.717, 1.165) is 30.6 Å². The molecule has 1 fully saturated rings. The van der Waals surface area contributed by atoms with Crippen LogP contribution in [0.3, 0.4) is 0 Å². The minimum absolute atomic E-state index is 0.505. The molecule has 1 aromatic rings. The van der Waals surface area contributed by atoms with E-state index in [4.69, 9.17) is 4.74 Å². The molecule has 1 atom stereocenters. The van der Waals surface area contributed by atoms with Gasteiger partial charge in [-0.25, -0.2) is 0 Å². The summed E-state index contributed by atoms with van der Waals surface area (Å²) in [5.74, 6) is 0.803. The third-order valence-electron chi connectivity index (χ3n) is 4.16. The lowest BCUT2D eigenvalue weighted by Gasteiger charge is -2.46. The van der Waals surface area contributed by atoms with Crippen LogP contribution in [-0.2, 0) is 6.42 Å². The highest BCUT2D eigenvalue weighted by molar-refractivity contribution is 5.29. The van der Waals surface area contributed by atoms with Crippen molar-refractivity contribution in [1.29, 1.82) is 5.26 Å². The fourth-order valence-corrected chi connectivity index (χ4v) is 2.61. The van der Waals surface area contributed by atoms with Gasteiger partial charge in [-0.05, 0) is 37.5 Å². The summed E-state index contributed by atoms with van der Waals surface area (Å²) in [6, 6.07) is 9.97. The Morgan fingerprint density at radius 2 is 2.00 bits per heavy atom. The third kappa shape index (κ3) is 2.09. The van der Waals surface area contributed by atoms with Crippen LogP contribution >= 0.6 is 0 Å². The minimum Gasteiger partial charge on any atom is -0.497 e. The lowest BCUT2D eigenvalue weighted by atomic mass is 9.58. The van der Waals surface area contributed by atoms with Crippen molar-refractivity contribution >= 4 is 0 Å². The van der Waals surface area contributed by atoms with Gasteiger partial charge >= 0.3 is 0 Å². The predicted molar refractivity (Wildman–Crippen MR) is 69.2 cm³/mol. The van der Waals surface area contributed by atoms with Gasteiger partial charge in [0, 0.05) is 6.42 Å². The average molecular weight is 245 g/mol. The predicted octanol–water partition coefficient (Wildman–Crippen LogP) is 2.68. The highest BCUT2D eigenvalue weighted by Gasteiger charge is 2.51. The van der Waals surface area contributed by atoms with Gasteiger partial charge in [-0.3, -0.25) is 0 Å². The molecule has 1 saturated carbocycles. The second-order valence-electron chi connectivity index (χ2n) is 5.35. The van der Waals surface area contributed by atoms with Crippen LogP contribution in [0.4, 0.5) is 0 Å². The molecule has 2 rings (SSSR count). The first kappa shape index (κ1) is 12.9. The van der Waals surface area contributed by atoms with E-state index in [0.29, 0.717) is 6.42 Å². The molecule has 1 aromatic carbocycles. The maximum Gasteiger partial charge on any atom is 0.118 e. The monoisotopic (exact) mass is 245 g/mol. The van der Waals surface area contributed by atoms with E-state index >= 15 is 0 Å². The smallest absolute Gasteiger partial charge is 0.118 e. The molecule has 0 spiro atoms. The number of hydrogen-bond donors (Lipinski definition) is 1. The zero-order chi connectivity index (χ0) is 13.2. The van der Waals surface area contributed by atoms with Gasteiger partial charge in [-0.15, -0.1) is 0 Å². The maximum atomic E-state index is 10.6. The number of rotatable bonds is 4. The summed E-state index contributed by atoms with van der Waals surface area (Å²) in [5.41, 5.74) is -0.496. The molecule has 3 nitrogen and oxygen atoms in total.